The molecule has 0 aromatic heterocycles. The van der Waals surface area contributed by atoms with Crippen LogP contribution in [0, 0.1) is 10.8 Å². The highest BCUT2D eigenvalue weighted by Crippen LogP contribution is 2.30. The van der Waals surface area contributed by atoms with E-state index in [9.17, 15) is 0 Å². The van der Waals surface area contributed by atoms with Crippen molar-refractivity contribution in [3.05, 3.63) is 0 Å². The zero-order valence-corrected chi connectivity index (χ0v) is 16.9. The molecule has 0 saturated heterocycles. The molecule has 0 aromatic carbocycles. The van der Waals surface area contributed by atoms with Crippen LogP contribution < -0.4 is 11.5 Å². The van der Waals surface area contributed by atoms with E-state index >= 15 is 0 Å². The molecule has 2 unspecified atom stereocenters. The summed E-state index contributed by atoms with van der Waals surface area (Å²) in [5.41, 5.74) is 11.7. The Morgan fingerprint density at radius 2 is 1.04 bits per heavy atom. The van der Waals surface area contributed by atoms with Crippen LogP contribution in [0.5, 0.6) is 0 Å². The highest BCUT2D eigenvalue weighted by molar-refractivity contribution is 4.87. The molecule has 0 bridgehead atoms. The van der Waals surface area contributed by atoms with Gasteiger partial charge in [0.2, 0.25) is 0 Å². The first-order valence-corrected chi connectivity index (χ1v) is 8.80. The predicted molar refractivity (Wildman–Crippen MR) is 101 cm³/mol. The van der Waals surface area contributed by atoms with E-state index in [-0.39, 0.29) is 10.8 Å². The van der Waals surface area contributed by atoms with Gasteiger partial charge in [0.05, 0.1) is 13.2 Å². The molecule has 0 saturated carbocycles. The van der Waals surface area contributed by atoms with Crippen molar-refractivity contribution in [2.45, 2.75) is 52.6 Å². The fourth-order valence-electron chi connectivity index (χ4n) is 3.78. The molecule has 0 spiro atoms. The van der Waals surface area contributed by atoms with Gasteiger partial charge in [-0.1, -0.05) is 27.7 Å². The first kappa shape index (κ1) is 22.8. The molecule has 5 nitrogen and oxygen atoms in total. The Labute approximate surface area is 144 Å². The van der Waals surface area contributed by atoms with E-state index in [4.69, 9.17) is 16.2 Å². The number of nitrogens with zero attached hydrogens (tertiary/aromatic N) is 2. The van der Waals surface area contributed by atoms with Crippen molar-refractivity contribution in [1.82, 2.24) is 9.80 Å². The van der Waals surface area contributed by atoms with Crippen molar-refractivity contribution in [3.63, 3.8) is 0 Å². The molecule has 140 valence electrons. The maximum atomic E-state index is 6.18. The second-order valence-corrected chi connectivity index (χ2v) is 8.58. The van der Waals surface area contributed by atoms with Crippen LogP contribution in [-0.4, -0.2) is 76.4 Å². The van der Waals surface area contributed by atoms with Crippen LogP contribution in [0.2, 0.25) is 0 Å². The summed E-state index contributed by atoms with van der Waals surface area (Å²) in [6.07, 6.45) is 1.97. The Kier molecular flexibility index (Phi) is 9.86. The van der Waals surface area contributed by atoms with E-state index in [1.165, 1.54) is 0 Å². The molecule has 0 fully saturated rings. The first-order chi connectivity index (χ1) is 10.5. The third-order valence-corrected chi connectivity index (χ3v) is 4.88. The van der Waals surface area contributed by atoms with Gasteiger partial charge in [0, 0.05) is 22.9 Å². The summed E-state index contributed by atoms with van der Waals surface area (Å²) in [6, 6.07) is 0.841. The summed E-state index contributed by atoms with van der Waals surface area (Å²) in [7, 11) is 8.48. The van der Waals surface area contributed by atoms with Crippen molar-refractivity contribution in [2.75, 3.05) is 54.5 Å². The summed E-state index contributed by atoms with van der Waals surface area (Å²) in [4.78, 5) is 4.52. The van der Waals surface area contributed by atoms with Gasteiger partial charge in [-0.25, -0.2) is 0 Å². The fourth-order valence-corrected chi connectivity index (χ4v) is 3.78. The molecule has 0 rings (SSSR count). The van der Waals surface area contributed by atoms with E-state index in [1.54, 1.807) is 0 Å². The van der Waals surface area contributed by atoms with E-state index in [0.717, 1.165) is 26.1 Å². The maximum absolute atomic E-state index is 6.18. The quantitative estimate of drug-likeness (QED) is 0.569. The Hall–Kier alpha value is -0.200. The standard InChI is InChI=1S/C18H42N4O/c1-17(2,15(9-11-19)21(5)6)13-23-14-18(3,4)16(10-12-20)22(7)8/h15-16H,9-14,19-20H2,1-8H3. The highest BCUT2D eigenvalue weighted by atomic mass is 16.5. The molecule has 0 aromatic rings. The molecule has 23 heavy (non-hydrogen) atoms. The van der Waals surface area contributed by atoms with Crippen LogP contribution in [-0.2, 0) is 4.74 Å². The Morgan fingerprint density at radius 3 is 1.26 bits per heavy atom. The van der Waals surface area contributed by atoms with Crippen LogP contribution in [0.4, 0.5) is 0 Å². The molecule has 2 atom stereocenters. The van der Waals surface area contributed by atoms with E-state index in [2.05, 4.69) is 65.7 Å². The van der Waals surface area contributed by atoms with Gasteiger partial charge in [0.25, 0.3) is 0 Å². The van der Waals surface area contributed by atoms with Gasteiger partial charge in [0.15, 0.2) is 0 Å². The minimum absolute atomic E-state index is 0.0699. The van der Waals surface area contributed by atoms with Crippen LogP contribution >= 0.6 is 0 Å². The minimum Gasteiger partial charge on any atom is -0.380 e. The first-order valence-electron chi connectivity index (χ1n) is 8.80. The van der Waals surface area contributed by atoms with Gasteiger partial charge in [0.1, 0.15) is 0 Å². The van der Waals surface area contributed by atoms with Crippen LogP contribution in [0.3, 0.4) is 0 Å². The summed E-state index contributed by atoms with van der Waals surface area (Å²) < 4.78 is 6.18. The Bertz CT molecular complexity index is 286. The van der Waals surface area contributed by atoms with Crippen molar-refractivity contribution < 1.29 is 4.74 Å². The van der Waals surface area contributed by atoms with Crippen molar-refractivity contribution in [2.24, 2.45) is 22.3 Å². The molecule has 0 aliphatic heterocycles. The lowest BCUT2D eigenvalue weighted by atomic mass is 9.81. The lowest BCUT2D eigenvalue weighted by Gasteiger charge is -2.41. The molecule has 0 heterocycles. The summed E-state index contributed by atoms with van der Waals surface area (Å²) in [6.45, 7) is 12.0. The van der Waals surface area contributed by atoms with Gasteiger partial charge < -0.3 is 26.0 Å². The molecule has 4 N–H and O–H groups in total. The SMILES string of the molecule is CN(C)C(CCN)C(C)(C)COCC(C)(C)C(CCN)N(C)C. The third-order valence-electron chi connectivity index (χ3n) is 4.88. The predicted octanol–water partition coefficient (Wildman–Crippen LogP) is 1.61. The van der Waals surface area contributed by atoms with E-state index < -0.39 is 0 Å². The lowest BCUT2D eigenvalue weighted by Crippen LogP contribution is -2.47. The van der Waals surface area contributed by atoms with Crippen molar-refractivity contribution >= 4 is 0 Å². The zero-order chi connectivity index (χ0) is 18.3. The van der Waals surface area contributed by atoms with Gasteiger partial charge >= 0.3 is 0 Å². The number of hydrogen-bond acceptors (Lipinski definition) is 5. The van der Waals surface area contributed by atoms with Crippen molar-refractivity contribution in [1.29, 1.82) is 0 Å². The molecule has 0 aliphatic carbocycles. The number of rotatable bonds is 12. The topological polar surface area (TPSA) is 67.7 Å². The summed E-state index contributed by atoms with van der Waals surface area (Å²) in [5, 5.41) is 0. The number of nitrogens with two attached hydrogens (primary N) is 2. The molecular formula is C18H42N4O. The summed E-state index contributed by atoms with van der Waals surface area (Å²) in [5.74, 6) is 0. The van der Waals surface area contributed by atoms with Crippen LogP contribution in [0.15, 0.2) is 0 Å². The van der Waals surface area contributed by atoms with E-state index in [1.807, 2.05) is 0 Å². The second kappa shape index (κ2) is 9.94. The van der Waals surface area contributed by atoms with Gasteiger partial charge in [-0.05, 0) is 54.1 Å². The van der Waals surface area contributed by atoms with Gasteiger partial charge in [-0.2, -0.15) is 0 Å². The van der Waals surface area contributed by atoms with Crippen molar-refractivity contribution in [3.8, 4) is 0 Å². The second-order valence-electron chi connectivity index (χ2n) is 8.58. The van der Waals surface area contributed by atoms with Gasteiger partial charge in [-0.3, -0.25) is 0 Å². The smallest absolute Gasteiger partial charge is 0.0532 e. The molecule has 0 amide bonds. The molecule has 0 aliphatic rings. The largest absolute Gasteiger partial charge is 0.380 e. The fraction of sp³-hybridized carbons (Fsp3) is 1.00. The molecule has 0 radical (unpaired) electrons. The lowest BCUT2D eigenvalue weighted by molar-refractivity contribution is -0.0375. The van der Waals surface area contributed by atoms with Crippen LogP contribution in [0.25, 0.3) is 0 Å². The monoisotopic (exact) mass is 330 g/mol. The third kappa shape index (κ3) is 7.48. The minimum atomic E-state index is 0.0699. The van der Waals surface area contributed by atoms with Crippen LogP contribution in [0.1, 0.15) is 40.5 Å². The molecule has 5 heteroatoms. The molecular weight excluding hydrogens is 288 g/mol. The number of hydrogen-bond donors (Lipinski definition) is 2. The average molecular weight is 331 g/mol. The normalized spacial score (nSPS) is 16.2. The Balaban J connectivity index is 4.71. The number of ether oxygens (including phenoxy) is 1. The highest BCUT2D eigenvalue weighted by Gasteiger charge is 2.34. The Morgan fingerprint density at radius 1 is 0.739 bits per heavy atom. The maximum Gasteiger partial charge on any atom is 0.0532 e. The van der Waals surface area contributed by atoms with Gasteiger partial charge in [-0.15, -0.1) is 0 Å². The zero-order valence-electron chi connectivity index (χ0n) is 16.9. The average Bonchev–Trinajstić information content (AvgIpc) is 2.40. The van der Waals surface area contributed by atoms with E-state index in [0.29, 0.717) is 25.2 Å². The summed E-state index contributed by atoms with van der Waals surface area (Å²) >= 11 is 0.